The van der Waals surface area contributed by atoms with Crippen LogP contribution in [0, 0.1) is 0 Å². The lowest BCUT2D eigenvalue weighted by atomic mass is 10.3. The maximum atomic E-state index is 4.98. The first-order chi connectivity index (χ1) is 6.25. The van der Waals surface area contributed by atoms with Gasteiger partial charge in [-0.15, -0.1) is 11.3 Å². The summed E-state index contributed by atoms with van der Waals surface area (Å²) in [5.41, 5.74) is 0. The number of hydrogen-bond acceptors (Lipinski definition) is 2. The van der Waals surface area contributed by atoms with Gasteiger partial charge in [0, 0.05) is 4.70 Å². The van der Waals surface area contributed by atoms with Crippen molar-refractivity contribution >= 4 is 43.6 Å². The Kier molecular flexibility index (Phi) is 2.29. The van der Waals surface area contributed by atoms with Gasteiger partial charge in [0.15, 0.2) is 0 Å². The zero-order chi connectivity index (χ0) is 9.26. The highest BCUT2D eigenvalue weighted by molar-refractivity contribution is 7.80. The standard InChI is InChI=1S/C10H9NS2/c1-7(12)11-10-6-8-4-2-3-5-9(8)13-10/h2-6H,1H3,(H,11,12). The Morgan fingerprint density at radius 3 is 2.85 bits per heavy atom. The van der Waals surface area contributed by atoms with Gasteiger partial charge in [-0.1, -0.05) is 30.4 Å². The van der Waals surface area contributed by atoms with Crippen LogP contribution >= 0.6 is 23.6 Å². The molecular weight excluding hydrogens is 198 g/mol. The Hall–Kier alpha value is -0.930. The minimum atomic E-state index is 0.812. The predicted molar refractivity (Wildman–Crippen MR) is 63.7 cm³/mol. The fourth-order valence-corrected chi connectivity index (χ4v) is 2.41. The van der Waals surface area contributed by atoms with E-state index in [0.29, 0.717) is 0 Å². The van der Waals surface area contributed by atoms with Gasteiger partial charge in [0.2, 0.25) is 0 Å². The van der Waals surface area contributed by atoms with Crippen molar-refractivity contribution in [2.45, 2.75) is 6.92 Å². The summed E-state index contributed by atoms with van der Waals surface area (Å²) < 4.78 is 1.29. The molecule has 0 aliphatic carbocycles. The summed E-state index contributed by atoms with van der Waals surface area (Å²) in [5.74, 6) is 0. The van der Waals surface area contributed by atoms with Crippen LogP contribution in [0.5, 0.6) is 0 Å². The Labute approximate surface area is 86.4 Å². The number of thiocarbonyl (C=S) groups is 1. The van der Waals surface area contributed by atoms with Crippen LogP contribution in [0.25, 0.3) is 10.1 Å². The summed E-state index contributed by atoms with van der Waals surface area (Å²) in [6.07, 6.45) is 0. The molecule has 66 valence electrons. The Bertz CT molecular complexity index is 412. The number of nitrogens with one attached hydrogen (secondary N) is 1. The van der Waals surface area contributed by atoms with Crippen molar-refractivity contribution < 1.29 is 0 Å². The lowest BCUT2D eigenvalue weighted by Gasteiger charge is -1.96. The topological polar surface area (TPSA) is 12.0 Å². The van der Waals surface area contributed by atoms with Gasteiger partial charge >= 0.3 is 0 Å². The number of rotatable bonds is 1. The molecule has 0 saturated carbocycles. The number of hydrogen-bond donors (Lipinski definition) is 1. The van der Waals surface area contributed by atoms with Crippen LogP contribution in [0.2, 0.25) is 0 Å². The highest BCUT2D eigenvalue weighted by Crippen LogP contribution is 2.29. The second-order valence-corrected chi connectivity index (χ2v) is 4.53. The molecule has 0 spiro atoms. The van der Waals surface area contributed by atoms with Gasteiger partial charge in [-0.2, -0.15) is 0 Å². The van der Waals surface area contributed by atoms with E-state index in [9.17, 15) is 0 Å². The van der Waals surface area contributed by atoms with Crippen LogP contribution in [0.15, 0.2) is 30.3 Å². The molecule has 0 aliphatic heterocycles. The van der Waals surface area contributed by atoms with E-state index in [0.717, 1.165) is 9.99 Å². The fraction of sp³-hybridized carbons (Fsp3) is 0.100. The van der Waals surface area contributed by atoms with Crippen molar-refractivity contribution in [3.05, 3.63) is 30.3 Å². The van der Waals surface area contributed by atoms with Crippen LogP contribution in [0.3, 0.4) is 0 Å². The van der Waals surface area contributed by atoms with E-state index in [1.165, 1.54) is 10.1 Å². The first-order valence-electron chi connectivity index (χ1n) is 4.02. The van der Waals surface area contributed by atoms with E-state index >= 15 is 0 Å². The van der Waals surface area contributed by atoms with Crippen LogP contribution in [-0.4, -0.2) is 4.99 Å². The molecule has 1 N–H and O–H groups in total. The summed E-state index contributed by atoms with van der Waals surface area (Å²) in [4.78, 5) is 0.812. The number of thiophene rings is 1. The van der Waals surface area contributed by atoms with E-state index in [1.54, 1.807) is 11.3 Å². The second-order valence-electron chi connectivity index (χ2n) is 2.83. The van der Waals surface area contributed by atoms with Crippen molar-refractivity contribution in [1.29, 1.82) is 0 Å². The zero-order valence-electron chi connectivity index (χ0n) is 7.20. The zero-order valence-corrected chi connectivity index (χ0v) is 8.84. The lowest BCUT2D eigenvalue weighted by Crippen LogP contribution is -2.00. The minimum absolute atomic E-state index is 0.812. The molecule has 0 radical (unpaired) electrons. The van der Waals surface area contributed by atoms with Crippen molar-refractivity contribution in [1.82, 2.24) is 0 Å². The molecule has 0 saturated heterocycles. The van der Waals surface area contributed by atoms with Gasteiger partial charge in [-0.3, -0.25) is 0 Å². The Balaban J connectivity index is 2.44. The average molecular weight is 207 g/mol. The maximum Gasteiger partial charge on any atom is 0.0942 e. The van der Waals surface area contributed by atoms with Crippen molar-refractivity contribution in [3.63, 3.8) is 0 Å². The number of fused-ring (bicyclic) bond motifs is 1. The summed E-state index contributed by atoms with van der Waals surface area (Å²) >= 11 is 6.70. The van der Waals surface area contributed by atoms with Gasteiger partial charge in [-0.25, -0.2) is 0 Å². The van der Waals surface area contributed by atoms with E-state index in [2.05, 4.69) is 23.5 Å². The molecule has 1 heterocycles. The quantitative estimate of drug-likeness (QED) is 0.716. The molecule has 0 aliphatic rings. The van der Waals surface area contributed by atoms with Crippen molar-refractivity contribution in [2.75, 3.05) is 5.32 Å². The average Bonchev–Trinajstić information content (AvgIpc) is 2.44. The highest BCUT2D eigenvalue weighted by atomic mass is 32.1. The molecule has 1 aromatic heterocycles. The lowest BCUT2D eigenvalue weighted by molar-refractivity contribution is 1.78. The van der Waals surface area contributed by atoms with Gasteiger partial charge in [-0.05, 0) is 24.4 Å². The molecule has 1 aromatic carbocycles. The second kappa shape index (κ2) is 3.44. The largest absolute Gasteiger partial charge is 0.342 e. The van der Waals surface area contributed by atoms with Crippen molar-refractivity contribution in [3.8, 4) is 0 Å². The molecule has 3 heteroatoms. The summed E-state index contributed by atoms with van der Waals surface area (Å²) in [6, 6.07) is 10.4. The number of benzene rings is 1. The van der Waals surface area contributed by atoms with E-state index in [-0.39, 0.29) is 0 Å². The summed E-state index contributed by atoms with van der Waals surface area (Å²) in [5, 5.41) is 5.53. The molecule has 1 nitrogen and oxygen atoms in total. The minimum Gasteiger partial charge on any atom is -0.342 e. The number of anilines is 1. The maximum absolute atomic E-state index is 4.98. The van der Waals surface area contributed by atoms with Crippen molar-refractivity contribution in [2.24, 2.45) is 0 Å². The van der Waals surface area contributed by atoms with Gasteiger partial charge < -0.3 is 5.32 Å². The molecule has 13 heavy (non-hydrogen) atoms. The first-order valence-corrected chi connectivity index (χ1v) is 5.24. The predicted octanol–water partition coefficient (Wildman–Crippen LogP) is 3.66. The van der Waals surface area contributed by atoms with Gasteiger partial charge in [0.25, 0.3) is 0 Å². The molecule has 2 aromatic rings. The Morgan fingerprint density at radius 2 is 2.15 bits per heavy atom. The third-order valence-electron chi connectivity index (χ3n) is 1.72. The normalized spacial score (nSPS) is 10.2. The molecule has 0 atom stereocenters. The molecule has 2 rings (SSSR count). The monoisotopic (exact) mass is 207 g/mol. The smallest absolute Gasteiger partial charge is 0.0942 e. The Morgan fingerprint density at radius 1 is 1.38 bits per heavy atom. The van der Waals surface area contributed by atoms with E-state index in [1.807, 2.05) is 19.1 Å². The van der Waals surface area contributed by atoms with Gasteiger partial charge in [0.1, 0.15) is 0 Å². The molecule has 0 fully saturated rings. The van der Waals surface area contributed by atoms with Gasteiger partial charge in [0.05, 0.1) is 9.99 Å². The highest BCUT2D eigenvalue weighted by Gasteiger charge is 1.99. The third kappa shape index (κ3) is 1.87. The van der Waals surface area contributed by atoms with E-state index < -0.39 is 0 Å². The third-order valence-corrected chi connectivity index (χ3v) is 2.86. The molecule has 0 bridgehead atoms. The van der Waals surface area contributed by atoms with Crippen LogP contribution in [0.4, 0.5) is 5.00 Å². The first kappa shape index (κ1) is 8.66. The van der Waals surface area contributed by atoms with Crippen LogP contribution in [0.1, 0.15) is 6.92 Å². The van der Waals surface area contributed by atoms with E-state index in [4.69, 9.17) is 12.2 Å². The summed E-state index contributed by atoms with van der Waals surface area (Å²) in [7, 11) is 0. The molecule has 0 unspecified atom stereocenters. The summed E-state index contributed by atoms with van der Waals surface area (Å²) in [6.45, 7) is 1.89. The van der Waals surface area contributed by atoms with Crippen LogP contribution < -0.4 is 5.32 Å². The van der Waals surface area contributed by atoms with Crippen LogP contribution in [-0.2, 0) is 0 Å². The molecular formula is C10H9NS2. The SMILES string of the molecule is CC(=S)Nc1cc2ccccc2s1. The fourth-order valence-electron chi connectivity index (χ4n) is 1.22. The molecule has 0 amide bonds.